The average Bonchev–Trinajstić information content (AvgIpc) is 2.46. The second-order valence-electron chi connectivity index (χ2n) is 5.17. The largest absolute Gasteiger partial charge is 0.289 e. The zero-order chi connectivity index (χ0) is 14.1. The maximum Gasteiger partial charge on any atom is 0.193 e. The summed E-state index contributed by atoms with van der Waals surface area (Å²) in [6.07, 6.45) is 0. The smallest absolute Gasteiger partial charge is 0.193 e. The standard InChI is InChI=1S/C19H16O/c1-13-10-11-16(14(2)12-13)19(20)18-9-5-7-15-6-3-4-8-17(15)18/h3-12H,1-2H3. The SMILES string of the molecule is Cc1ccc(C(=O)c2cccc3ccccc23)c(C)c1. The average molecular weight is 260 g/mol. The molecule has 0 fully saturated rings. The molecule has 0 radical (unpaired) electrons. The summed E-state index contributed by atoms with van der Waals surface area (Å²) >= 11 is 0. The number of rotatable bonds is 2. The molecule has 0 aliphatic heterocycles. The lowest BCUT2D eigenvalue weighted by Crippen LogP contribution is -2.04. The van der Waals surface area contributed by atoms with E-state index in [-0.39, 0.29) is 5.78 Å². The van der Waals surface area contributed by atoms with Crippen molar-refractivity contribution in [2.45, 2.75) is 13.8 Å². The fourth-order valence-electron chi connectivity index (χ4n) is 2.64. The molecule has 3 aromatic rings. The Hall–Kier alpha value is -2.41. The molecule has 0 saturated carbocycles. The highest BCUT2D eigenvalue weighted by molar-refractivity contribution is 6.17. The fraction of sp³-hybridized carbons (Fsp3) is 0.105. The van der Waals surface area contributed by atoms with Gasteiger partial charge in [0.15, 0.2) is 5.78 Å². The number of benzene rings is 3. The van der Waals surface area contributed by atoms with Crippen molar-refractivity contribution in [3.8, 4) is 0 Å². The number of fused-ring (bicyclic) bond motifs is 1. The lowest BCUT2D eigenvalue weighted by molar-refractivity contribution is 0.103. The third-order valence-corrected chi connectivity index (χ3v) is 3.66. The number of carbonyl (C=O) groups is 1. The molecule has 0 aromatic heterocycles. The van der Waals surface area contributed by atoms with E-state index in [1.54, 1.807) is 0 Å². The van der Waals surface area contributed by atoms with Gasteiger partial charge in [0, 0.05) is 11.1 Å². The van der Waals surface area contributed by atoms with E-state index < -0.39 is 0 Å². The Kier molecular flexibility index (Phi) is 3.11. The summed E-state index contributed by atoms with van der Waals surface area (Å²) in [6.45, 7) is 4.03. The van der Waals surface area contributed by atoms with E-state index in [0.717, 1.165) is 27.5 Å². The van der Waals surface area contributed by atoms with Crippen LogP contribution in [0.3, 0.4) is 0 Å². The molecule has 0 N–H and O–H groups in total. The summed E-state index contributed by atoms with van der Waals surface area (Å²) in [5, 5.41) is 2.11. The Morgan fingerprint density at radius 1 is 0.800 bits per heavy atom. The first-order valence-corrected chi connectivity index (χ1v) is 6.76. The van der Waals surface area contributed by atoms with E-state index in [1.165, 1.54) is 5.56 Å². The van der Waals surface area contributed by atoms with Gasteiger partial charge in [-0.15, -0.1) is 0 Å². The molecule has 0 amide bonds. The lowest BCUT2D eigenvalue weighted by atomic mass is 9.94. The maximum atomic E-state index is 12.8. The van der Waals surface area contributed by atoms with Gasteiger partial charge in [-0.2, -0.15) is 0 Å². The predicted octanol–water partition coefficient (Wildman–Crippen LogP) is 4.69. The summed E-state index contributed by atoms with van der Waals surface area (Å²) in [4.78, 5) is 12.8. The number of hydrogen-bond donors (Lipinski definition) is 0. The predicted molar refractivity (Wildman–Crippen MR) is 83.3 cm³/mol. The van der Waals surface area contributed by atoms with Crippen molar-refractivity contribution < 1.29 is 4.79 Å². The molecule has 0 spiro atoms. The topological polar surface area (TPSA) is 17.1 Å². The van der Waals surface area contributed by atoms with E-state index >= 15 is 0 Å². The van der Waals surface area contributed by atoms with E-state index in [0.29, 0.717) is 0 Å². The molecular formula is C19H16O. The fourth-order valence-corrected chi connectivity index (χ4v) is 2.64. The highest BCUT2D eigenvalue weighted by Crippen LogP contribution is 2.23. The van der Waals surface area contributed by atoms with Gasteiger partial charge < -0.3 is 0 Å². The van der Waals surface area contributed by atoms with Crippen LogP contribution in [0.25, 0.3) is 10.8 Å². The van der Waals surface area contributed by atoms with Gasteiger partial charge in [-0.3, -0.25) is 4.79 Å². The Morgan fingerprint density at radius 3 is 2.35 bits per heavy atom. The first-order valence-electron chi connectivity index (χ1n) is 6.76. The van der Waals surface area contributed by atoms with Crippen LogP contribution in [-0.2, 0) is 0 Å². The number of ketones is 1. The molecule has 0 bridgehead atoms. The molecule has 98 valence electrons. The Bertz CT molecular complexity index is 794. The Morgan fingerprint density at radius 2 is 1.55 bits per heavy atom. The van der Waals surface area contributed by atoms with Crippen molar-refractivity contribution in [2.75, 3.05) is 0 Å². The van der Waals surface area contributed by atoms with Gasteiger partial charge >= 0.3 is 0 Å². The van der Waals surface area contributed by atoms with Gasteiger partial charge in [0.25, 0.3) is 0 Å². The van der Waals surface area contributed by atoms with Gasteiger partial charge in [-0.05, 0) is 30.2 Å². The van der Waals surface area contributed by atoms with Crippen LogP contribution < -0.4 is 0 Å². The van der Waals surface area contributed by atoms with Crippen LogP contribution >= 0.6 is 0 Å². The molecule has 3 rings (SSSR count). The van der Waals surface area contributed by atoms with E-state index in [4.69, 9.17) is 0 Å². The zero-order valence-corrected chi connectivity index (χ0v) is 11.7. The minimum absolute atomic E-state index is 0.0966. The number of carbonyl (C=O) groups excluding carboxylic acids is 1. The van der Waals surface area contributed by atoms with Gasteiger partial charge in [0.05, 0.1) is 0 Å². The van der Waals surface area contributed by atoms with Crippen molar-refractivity contribution >= 4 is 16.6 Å². The monoisotopic (exact) mass is 260 g/mol. The van der Waals surface area contributed by atoms with Crippen LogP contribution in [0, 0.1) is 13.8 Å². The van der Waals surface area contributed by atoms with E-state index in [9.17, 15) is 4.79 Å². The van der Waals surface area contributed by atoms with Crippen molar-refractivity contribution in [1.29, 1.82) is 0 Å². The Balaban J connectivity index is 2.18. The van der Waals surface area contributed by atoms with Crippen LogP contribution in [0.4, 0.5) is 0 Å². The highest BCUT2D eigenvalue weighted by atomic mass is 16.1. The maximum absolute atomic E-state index is 12.8. The molecule has 20 heavy (non-hydrogen) atoms. The molecular weight excluding hydrogens is 244 g/mol. The number of hydrogen-bond acceptors (Lipinski definition) is 1. The van der Waals surface area contributed by atoms with Gasteiger partial charge in [0.1, 0.15) is 0 Å². The molecule has 0 saturated heterocycles. The van der Waals surface area contributed by atoms with Crippen molar-refractivity contribution in [3.05, 3.63) is 82.9 Å². The zero-order valence-electron chi connectivity index (χ0n) is 11.7. The Labute approximate surface area is 118 Å². The summed E-state index contributed by atoms with van der Waals surface area (Å²) < 4.78 is 0. The molecule has 3 aromatic carbocycles. The third-order valence-electron chi connectivity index (χ3n) is 3.66. The summed E-state index contributed by atoms with van der Waals surface area (Å²) in [6, 6.07) is 19.9. The molecule has 0 atom stereocenters. The second kappa shape index (κ2) is 4.93. The van der Waals surface area contributed by atoms with Gasteiger partial charge in [-0.1, -0.05) is 66.2 Å². The molecule has 0 aliphatic carbocycles. The van der Waals surface area contributed by atoms with Crippen molar-refractivity contribution in [2.24, 2.45) is 0 Å². The molecule has 1 heteroatoms. The van der Waals surface area contributed by atoms with E-state index in [1.807, 2.05) is 68.4 Å². The summed E-state index contributed by atoms with van der Waals surface area (Å²) in [7, 11) is 0. The van der Waals surface area contributed by atoms with Crippen LogP contribution in [0.5, 0.6) is 0 Å². The van der Waals surface area contributed by atoms with Crippen molar-refractivity contribution in [1.82, 2.24) is 0 Å². The second-order valence-corrected chi connectivity index (χ2v) is 5.17. The molecule has 0 aliphatic rings. The minimum Gasteiger partial charge on any atom is -0.289 e. The number of aryl methyl sites for hydroxylation is 2. The van der Waals surface area contributed by atoms with Crippen LogP contribution in [-0.4, -0.2) is 5.78 Å². The minimum atomic E-state index is 0.0966. The molecule has 0 unspecified atom stereocenters. The van der Waals surface area contributed by atoms with E-state index in [2.05, 4.69) is 6.07 Å². The van der Waals surface area contributed by atoms with Crippen LogP contribution in [0.15, 0.2) is 60.7 Å². The summed E-state index contributed by atoms with van der Waals surface area (Å²) in [5.74, 6) is 0.0966. The third kappa shape index (κ3) is 2.12. The van der Waals surface area contributed by atoms with Crippen LogP contribution in [0.1, 0.15) is 27.0 Å². The quantitative estimate of drug-likeness (QED) is 0.611. The first-order chi connectivity index (χ1) is 9.66. The van der Waals surface area contributed by atoms with Crippen molar-refractivity contribution in [3.63, 3.8) is 0 Å². The first kappa shape index (κ1) is 12.6. The van der Waals surface area contributed by atoms with Crippen LogP contribution in [0.2, 0.25) is 0 Å². The van der Waals surface area contributed by atoms with Gasteiger partial charge in [-0.25, -0.2) is 0 Å². The normalized spacial score (nSPS) is 10.7. The highest BCUT2D eigenvalue weighted by Gasteiger charge is 2.14. The lowest BCUT2D eigenvalue weighted by Gasteiger charge is -2.09. The molecule has 0 heterocycles. The molecule has 1 nitrogen and oxygen atoms in total. The van der Waals surface area contributed by atoms with Gasteiger partial charge in [0.2, 0.25) is 0 Å². The summed E-state index contributed by atoms with van der Waals surface area (Å²) in [5.41, 5.74) is 3.77.